The van der Waals surface area contributed by atoms with Crippen LogP contribution < -0.4 is 5.32 Å². The molecule has 2 atom stereocenters. The van der Waals surface area contributed by atoms with Gasteiger partial charge < -0.3 is 5.32 Å². The predicted octanol–water partition coefficient (Wildman–Crippen LogP) is 7.33. The van der Waals surface area contributed by atoms with Crippen molar-refractivity contribution in [3.05, 3.63) is 75.5 Å². The summed E-state index contributed by atoms with van der Waals surface area (Å²) in [6.45, 7) is 12.9. The van der Waals surface area contributed by atoms with Gasteiger partial charge in [-0.2, -0.15) is 0 Å². The molecule has 3 rings (SSSR count). The number of allylic oxidation sites excluding steroid dienone is 1. The van der Waals surface area contributed by atoms with E-state index >= 15 is 0 Å². The van der Waals surface area contributed by atoms with Crippen LogP contribution in [0.4, 0.5) is 5.69 Å². The van der Waals surface area contributed by atoms with Crippen molar-refractivity contribution in [2.75, 3.05) is 5.32 Å². The molecule has 0 aliphatic heterocycles. The first kappa shape index (κ1) is 24.3. The average Bonchev–Trinajstić information content (AvgIpc) is 3.20. The Morgan fingerprint density at radius 3 is 2.34 bits per heavy atom. The van der Waals surface area contributed by atoms with Gasteiger partial charge in [0.25, 0.3) is 0 Å². The molecule has 0 radical (unpaired) electrons. The number of aryl methyl sites for hydroxylation is 1. The molecule has 32 heavy (non-hydrogen) atoms. The highest BCUT2D eigenvalue weighted by Gasteiger charge is 2.36. The molecule has 0 bridgehead atoms. The number of hydrogen-bond acceptors (Lipinski definition) is 4. The van der Waals surface area contributed by atoms with Gasteiger partial charge in [0, 0.05) is 15.7 Å². The van der Waals surface area contributed by atoms with Gasteiger partial charge in [0.2, 0.25) is 0 Å². The average molecular weight is 472 g/mol. The van der Waals surface area contributed by atoms with Crippen molar-refractivity contribution in [3.63, 3.8) is 0 Å². The van der Waals surface area contributed by atoms with Gasteiger partial charge in [0.05, 0.1) is 11.6 Å². The first-order chi connectivity index (χ1) is 15.0. The van der Waals surface area contributed by atoms with Gasteiger partial charge in [0.1, 0.15) is 0 Å². The van der Waals surface area contributed by atoms with Crippen LogP contribution in [0.3, 0.4) is 0 Å². The van der Waals surface area contributed by atoms with E-state index in [-0.39, 0.29) is 11.5 Å². The molecular weight excluding hydrogens is 441 g/mol. The largest absolute Gasteiger partial charge is 0.373 e. The smallest absolute Gasteiger partial charge is 0.177 e. The van der Waals surface area contributed by atoms with Crippen LogP contribution in [0, 0.1) is 12.3 Å². The van der Waals surface area contributed by atoms with Gasteiger partial charge in [-0.25, -0.2) is 4.68 Å². The Labute approximate surface area is 200 Å². The summed E-state index contributed by atoms with van der Waals surface area (Å²) in [6.07, 6.45) is 4.93. The number of hydrogen-bond donors (Lipinski definition) is 1. The van der Waals surface area contributed by atoms with E-state index in [1.165, 1.54) is 5.56 Å². The van der Waals surface area contributed by atoms with Crippen LogP contribution in [0.2, 0.25) is 10.0 Å². The third-order valence-corrected chi connectivity index (χ3v) is 6.30. The summed E-state index contributed by atoms with van der Waals surface area (Å²) in [5.74, 6) is 0.785. The number of anilines is 1. The van der Waals surface area contributed by atoms with E-state index in [1.807, 2.05) is 22.9 Å². The van der Waals surface area contributed by atoms with Crippen LogP contribution >= 0.6 is 23.2 Å². The molecule has 0 fully saturated rings. The normalized spacial score (nSPS) is 15.0. The van der Waals surface area contributed by atoms with Crippen LogP contribution in [0.15, 0.2) is 48.5 Å². The fraction of sp³-hybridized carbons (Fsp3) is 0.400. The van der Waals surface area contributed by atoms with Crippen molar-refractivity contribution in [2.24, 2.45) is 5.41 Å². The van der Waals surface area contributed by atoms with E-state index in [2.05, 4.69) is 92.7 Å². The molecule has 5 nitrogen and oxygen atoms in total. The molecule has 2 unspecified atom stereocenters. The molecule has 1 heterocycles. The number of nitrogens with zero attached hydrogens (tertiary/aromatic N) is 4. The molecule has 3 aromatic rings. The van der Waals surface area contributed by atoms with E-state index in [4.69, 9.17) is 23.2 Å². The first-order valence-electron chi connectivity index (χ1n) is 10.8. The number of tetrazole rings is 1. The third kappa shape index (κ3) is 5.51. The summed E-state index contributed by atoms with van der Waals surface area (Å²) in [5, 5.41) is 17.8. The quantitative estimate of drug-likeness (QED) is 0.391. The third-order valence-electron chi connectivity index (χ3n) is 5.74. The van der Waals surface area contributed by atoms with Crippen molar-refractivity contribution in [1.82, 2.24) is 20.2 Å². The monoisotopic (exact) mass is 471 g/mol. The number of aromatic nitrogens is 4. The maximum Gasteiger partial charge on any atom is 0.177 e. The minimum absolute atomic E-state index is 0.0927. The molecule has 0 saturated carbocycles. The summed E-state index contributed by atoms with van der Waals surface area (Å²) in [6, 6.07) is 13.8. The molecule has 170 valence electrons. The molecule has 0 amide bonds. The number of nitrogens with one attached hydrogen (secondary N) is 1. The Morgan fingerprint density at radius 1 is 1.06 bits per heavy atom. The molecule has 0 spiro atoms. The van der Waals surface area contributed by atoms with Gasteiger partial charge >= 0.3 is 0 Å². The fourth-order valence-electron chi connectivity index (χ4n) is 3.57. The second kappa shape index (κ2) is 9.63. The van der Waals surface area contributed by atoms with E-state index < -0.39 is 5.54 Å². The molecule has 0 aliphatic rings. The Bertz CT molecular complexity index is 1080. The minimum Gasteiger partial charge on any atom is -0.373 e. The van der Waals surface area contributed by atoms with E-state index in [1.54, 1.807) is 6.07 Å². The Kier molecular flexibility index (Phi) is 7.31. The lowest BCUT2D eigenvalue weighted by atomic mass is 9.85. The molecular formula is C25H31Cl2N5. The highest BCUT2D eigenvalue weighted by atomic mass is 35.5. The molecule has 2 aromatic carbocycles. The van der Waals surface area contributed by atoms with Crippen LogP contribution in [0.1, 0.15) is 64.0 Å². The number of rotatable bonds is 7. The van der Waals surface area contributed by atoms with Gasteiger partial charge in [-0.15, -0.1) is 5.10 Å². The maximum atomic E-state index is 6.39. The lowest BCUT2D eigenvalue weighted by molar-refractivity contribution is 0.255. The first-order valence-corrected chi connectivity index (χ1v) is 11.6. The number of benzene rings is 2. The molecule has 1 N–H and O–H groups in total. The van der Waals surface area contributed by atoms with Crippen molar-refractivity contribution in [1.29, 1.82) is 0 Å². The summed E-state index contributed by atoms with van der Waals surface area (Å²) in [5.41, 5.74) is 2.56. The van der Waals surface area contributed by atoms with Gasteiger partial charge in [-0.05, 0) is 65.9 Å². The summed E-state index contributed by atoms with van der Waals surface area (Å²) in [7, 11) is 0. The predicted molar refractivity (Wildman–Crippen MR) is 134 cm³/mol. The highest BCUT2D eigenvalue weighted by molar-refractivity contribution is 6.35. The van der Waals surface area contributed by atoms with Crippen LogP contribution in [0.25, 0.3) is 6.08 Å². The van der Waals surface area contributed by atoms with Crippen LogP contribution in [0.5, 0.6) is 0 Å². The van der Waals surface area contributed by atoms with E-state index in [0.717, 1.165) is 23.5 Å². The van der Waals surface area contributed by atoms with Crippen LogP contribution in [-0.4, -0.2) is 20.2 Å². The lowest BCUT2D eigenvalue weighted by Crippen LogP contribution is -2.37. The van der Waals surface area contributed by atoms with E-state index in [9.17, 15) is 0 Å². The van der Waals surface area contributed by atoms with Crippen LogP contribution in [-0.2, 0) is 5.54 Å². The van der Waals surface area contributed by atoms with Gasteiger partial charge in [0.15, 0.2) is 5.82 Å². The summed E-state index contributed by atoms with van der Waals surface area (Å²) >= 11 is 12.4. The summed E-state index contributed by atoms with van der Waals surface area (Å²) in [4.78, 5) is 0. The SMILES string of the molecule is CCC(C)(Nc1ccc(C)cc1)c1nnnn1C(/C=C\c1ccc(Cl)cc1Cl)C(C)(C)C. The zero-order chi connectivity index (χ0) is 23.5. The Balaban J connectivity index is 2.00. The zero-order valence-electron chi connectivity index (χ0n) is 19.5. The van der Waals surface area contributed by atoms with Crippen molar-refractivity contribution in [2.45, 2.75) is 59.5 Å². The van der Waals surface area contributed by atoms with Gasteiger partial charge in [-0.1, -0.05) is 86.8 Å². The topological polar surface area (TPSA) is 55.6 Å². The second-order valence-corrected chi connectivity index (χ2v) is 10.3. The lowest BCUT2D eigenvalue weighted by Gasteiger charge is -2.34. The van der Waals surface area contributed by atoms with Crippen molar-refractivity contribution in [3.8, 4) is 0 Å². The van der Waals surface area contributed by atoms with Crippen molar-refractivity contribution >= 4 is 35.0 Å². The molecule has 7 heteroatoms. The molecule has 1 aromatic heterocycles. The molecule has 0 saturated heterocycles. The van der Waals surface area contributed by atoms with Crippen molar-refractivity contribution < 1.29 is 0 Å². The fourth-order valence-corrected chi connectivity index (χ4v) is 4.04. The summed E-state index contributed by atoms with van der Waals surface area (Å²) < 4.78 is 1.92. The minimum atomic E-state index is -0.450. The second-order valence-electron chi connectivity index (χ2n) is 9.46. The van der Waals surface area contributed by atoms with E-state index in [0.29, 0.717) is 10.0 Å². The Morgan fingerprint density at radius 2 is 1.75 bits per heavy atom. The Hall–Kier alpha value is -2.37. The maximum absolute atomic E-state index is 6.39. The number of halogens is 2. The molecule has 0 aliphatic carbocycles. The highest BCUT2D eigenvalue weighted by Crippen LogP contribution is 2.36. The van der Waals surface area contributed by atoms with Gasteiger partial charge in [-0.3, -0.25) is 0 Å². The zero-order valence-corrected chi connectivity index (χ0v) is 21.0. The standard InChI is InChI=1S/C25H31Cl2N5/c1-7-25(6,28-20-13-8-17(2)9-14-20)23-29-30-31-32(23)22(24(3,4)5)15-11-18-10-12-19(26)16-21(18)27/h8-16,22,28H,7H2,1-6H3/b15-11-.